The molecule has 0 aliphatic heterocycles. The van der Waals surface area contributed by atoms with Crippen molar-refractivity contribution < 1.29 is 24.5 Å². The van der Waals surface area contributed by atoms with Crippen LogP contribution in [0.2, 0.25) is 0 Å². The van der Waals surface area contributed by atoms with Crippen LogP contribution < -0.4 is 11.5 Å². The van der Waals surface area contributed by atoms with Gasteiger partial charge in [0.2, 0.25) is 0 Å². The van der Waals surface area contributed by atoms with Crippen molar-refractivity contribution in [1.82, 2.24) is 0 Å². The Hall–Kier alpha value is -2.22. The molecule has 0 heterocycles. The van der Waals surface area contributed by atoms with Gasteiger partial charge in [-0.3, -0.25) is 4.79 Å². The highest BCUT2D eigenvalue weighted by Gasteiger charge is 2.70. The van der Waals surface area contributed by atoms with Crippen molar-refractivity contribution in [3.63, 3.8) is 0 Å². The molecule has 1 aromatic carbocycles. The Bertz CT molecular complexity index is 1140. The van der Waals surface area contributed by atoms with E-state index in [-0.39, 0.29) is 52.5 Å². The summed E-state index contributed by atoms with van der Waals surface area (Å²) in [5.41, 5.74) is 15.1. The van der Waals surface area contributed by atoms with Crippen LogP contribution in [-0.2, 0) is 20.7 Å². The number of carbonyl (C=O) groups excluding carboxylic acids is 1. The highest BCUT2D eigenvalue weighted by atomic mass is 16.5. The third-order valence-electron chi connectivity index (χ3n) is 11.6. The minimum atomic E-state index is -0.964. The highest BCUT2D eigenvalue weighted by Crippen LogP contribution is 2.73. The van der Waals surface area contributed by atoms with Crippen molar-refractivity contribution in [3.05, 3.63) is 47.0 Å². The van der Waals surface area contributed by atoms with Crippen LogP contribution in [0.3, 0.4) is 0 Å². The number of carbonyl (C=O) groups is 2. The van der Waals surface area contributed by atoms with E-state index in [0.717, 1.165) is 30.4 Å². The minimum absolute atomic E-state index is 0.0964. The van der Waals surface area contributed by atoms with Crippen LogP contribution in [0, 0.1) is 34.0 Å². The molecule has 0 amide bonds. The molecule has 0 saturated heterocycles. The van der Waals surface area contributed by atoms with Crippen molar-refractivity contribution in [2.24, 2.45) is 45.5 Å². The molecule has 1 aromatic rings. The van der Waals surface area contributed by atoms with Crippen molar-refractivity contribution in [2.45, 2.75) is 96.9 Å². The Labute approximate surface area is 226 Å². The average Bonchev–Trinajstić information content (AvgIpc) is 3.12. The van der Waals surface area contributed by atoms with E-state index in [2.05, 4.69) is 20.8 Å². The van der Waals surface area contributed by atoms with E-state index in [9.17, 15) is 19.8 Å². The fraction of sp³-hybridized carbons (Fsp3) is 0.677. The molecule has 38 heavy (non-hydrogen) atoms. The van der Waals surface area contributed by atoms with Crippen molar-refractivity contribution in [2.75, 3.05) is 0 Å². The van der Waals surface area contributed by atoms with Gasteiger partial charge in [-0.2, -0.15) is 0 Å². The molecule has 0 bridgehead atoms. The summed E-state index contributed by atoms with van der Waals surface area (Å²) in [6.45, 7) is 8.34. The van der Waals surface area contributed by atoms with E-state index in [4.69, 9.17) is 16.2 Å². The Morgan fingerprint density at radius 1 is 1.05 bits per heavy atom. The van der Waals surface area contributed by atoms with Gasteiger partial charge in [0.25, 0.3) is 0 Å². The zero-order valence-corrected chi connectivity index (χ0v) is 23.2. The van der Waals surface area contributed by atoms with Gasteiger partial charge < -0.3 is 26.4 Å². The molecule has 0 radical (unpaired) electrons. The second-order valence-electron chi connectivity index (χ2n) is 13.3. The first kappa shape index (κ1) is 27.4. The van der Waals surface area contributed by atoms with Gasteiger partial charge in [0.05, 0.1) is 6.10 Å². The number of aliphatic carboxylic acids is 1. The first-order valence-corrected chi connectivity index (χ1v) is 14.2. The summed E-state index contributed by atoms with van der Waals surface area (Å²) in [7, 11) is 0. The Morgan fingerprint density at radius 3 is 2.37 bits per heavy atom. The SMILES string of the molecule is CC(=O)O[C@H]1C[C@@]2(C)C(C[C@@H](N)[C@H]3[C@@]4(C)CC[C@@H](O)[C@@H](N)[C@@H]4CC[C@@]32C)/C1=C(\Cc1ccccc1)C(=O)O. The van der Waals surface area contributed by atoms with E-state index in [1.165, 1.54) is 6.92 Å². The number of benzene rings is 1. The van der Waals surface area contributed by atoms with Gasteiger partial charge in [-0.1, -0.05) is 51.1 Å². The van der Waals surface area contributed by atoms with Crippen molar-refractivity contribution in [1.29, 1.82) is 0 Å². The maximum Gasteiger partial charge on any atom is 0.332 e. The smallest absolute Gasteiger partial charge is 0.332 e. The van der Waals surface area contributed by atoms with Gasteiger partial charge in [-0.15, -0.1) is 0 Å². The first-order chi connectivity index (χ1) is 17.8. The number of ether oxygens (including phenoxy) is 1. The van der Waals surface area contributed by atoms with E-state index >= 15 is 0 Å². The summed E-state index contributed by atoms with van der Waals surface area (Å²) in [5.74, 6) is -1.08. The molecule has 0 aromatic heterocycles. The molecule has 7 heteroatoms. The molecule has 7 nitrogen and oxygen atoms in total. The van der Waals surface area contributed by atoms with Gasteiger partial charge in [0.1, 0.15) is 6.10 Å². The molecular formula is C31H44N2O5. The number of hydrogen-bond acceptors (Lipinski definition) is 6. The lowest BCUT2D eigenvalue weighted by atomic mass is 9.36. The zero-order valence-electron chi connectivity index (χ0n) is 23.2. The molecule has 4 aliphatic rings. The van der Waals surface area contributed by atoms with Crippen LogP contribution in [0.5, 0.6) is 0 Å². The normalized spacial score (nSPS) is 45.4. The molecule has 1 unspecified atom stereocenters. The molecule has 10 atom stereocenters. The predicted molar refractivity (Wildman–Crippen MR) is 145 cm³/mol. The fourth-order valence-corrected chi connectivity index (χ4v) is 9.84. The van der Waals surface area contributed by atoms with Gasteiger partial charge in [-0.25, -0.2) is 4.79 Å². The van der Waals surface area contributed by atoms with Crippen LogP contribution >= 0.6 is 0 Å². The summed E-state index contributed by atoms with van der Waals surface area (Å²) in [6, 6.07) is 9.21. The van der Waals surface area contributed by atoms with E-state index in [1.807, 2.05) is 30.3 Å². The number of aliphatic hydroxyl groups is 1. The third kappa shape index (κ3) is 3.96. The number of rotatable bonds is 4. The standard InChI is InChI=1S/C31H44N2O5/c1-17(34)38-24-16-31(4)21(25(24)19(28(36)37)14-18-8-6-5-7-9-18)15-22(32)27-29(2)12-11-23(35)26(33)20(29)10-13-30(27,31)3/h5-9,20-24,26-27,35H,10-16,32-33H2,1-4H3,(H,36,37)/b25-19-/t20-,21?,22+,23+,24-,26-,27-,29-,30-,31-/m0/s1. The first-order valence-electron chi connectivity index (χ1n) is 14.2. The van der Waals surface area contributed by atoms with Gasteiger partial charge in [0.15, 0.2) is 0 Å². The number of carboxylic acids is 1. The van der Waals surface area contributed by atoms with E-state index in [0.29, 0.717) is 24.8 Å². The van der Waals surface area contributed by atoms with Crippen LogP contribution in [-0.4, -0.2) is 46.4 Å². The monoisotopic (exact) mass is 524 g/mol. The lowest BCUT2D eigenvalue weighted by molar-refractivity contribution is -0.196. The third-order valence-corrected chi connectivity index (χ3v) is 11.6. The van der Waals surface area contributed by atoms with Crippen molar-refractivity contribution in [3.8, 4) is 0 Å². The highest BCUT2D eigenvalue weighted by molar-refractivity contribution is 5.89. The number of aliphatic hydroxyl groups excluding tert-OH is 1. The van der Waals surface area contributed by atoms with Crippen LogP contribution in [0.15, 0.2) is 41.5 Å². The fourth-order valence-electron chi connectivity index (χ4n) is 9.84. The quantitative estimate of drug-likeness (QED) is 0.347. The number of esters is 1. The second kappa shape index (κ2) is 9.46. The number of nitrogens with two attached hydrogens (primary N) is 2. The van der Waals surface area contributed by atoms with Crippen LogP contribution in [0.25, 0.3) is 0 Å². The minimum Gasteiger partial charge on any atom is -0.478 e. The summed E-state index contributed by atoms with van der Waals surface area (Å²) in [4.78, 5) is 25.1. The summed E-state index contributed by atoms with van der Waals surface area (Å²) < 4.78 is 5.92. The summed E-state index contributed by atoms with van der Waals surface area (Å²) >= 11 is 0. The Morgan fingerprint density at radius 2 is 1.74 bits per heavy atom. The van der Waals surface area contributed by atoms with E-state index < -0.39 is 24.1 Å². The Kier molecular flexibility index (Phi) is 6.81. The van der Waals surface area contributed by atoms with Crippen LogP contribution in [0.4, 0.5) is 0 Å². The topological polar surface area (TPSA) is 136 Å². The van der Waals surface area contributed by atoms with Gasteiger partial charge in [0, 0.05) is 31.0 Å². The molecule has 4 fully saturated rings. The molecule has 4 aliphatic carbocycles. The maximum absolute atomic E-state index is 12.8. The van der Waals surface area contributed by atoms with Gasteiger partial charge >= 0.3 is 11.9 Å². The number of fused-ring (bicyclic) bond motifs is 5. The molecule has 208 valence electrons. The summed E-state index contributed by atoms with van der Waals surface area (Å²) in [6.07, 6.45) is 3.82. The average molecular weight is 525 g/mol. The Balaban J connectivity index is 1.63. The second-order valence-corrected chi connectivity index (χ2v) is 13.3. The molecular weight excluding hydrogens is 480 g/mol. The van der Waals surface area contributed by atoms with E-state index in [1.54, 1.807) is 0 Å². The predicted octanol–water partition coefficient (Wildman–Crippen LogP) is 3.82. The number of carboxylic acid groups (broad SMARTS) is 1. The zero-order chi connectivity index (χ0) is 27.6. The number of hydrogen-bond donors (Lipinski definition) is 4. The molecule has 6 N–H and O–H groups in total. The lowest BCUT2D eigenvalue weighted by Crippen LogP contribution is -2.69. The molecule has 5 rings (SSSR count). The molecule has 4 saturated carbocycles. The largest absolute Gasteiger partial charge is 0.478 e. The lowest BCUT2D eigenvalue weighted by Gasteiger charge is -2.69. The maximum atomic E-state index is 12.8. The molecule has 0 spiro atoms. The van der Waals surface area contributed by atoms with Gasteiger partial charge in [-0.05, 0) is 83.7 Å². The van der Waals surface area contributed by atoms with Crippen molar-refractivity contribution >= 4 is 11.9 Å². The van der Waals surface area contributed by atoms with Crippen LogP contribution in [0.1, 0.15) is 71.8 Å². The summed E-state index contributed by atoms with van der Waals surface area (Å²) in [5, 5.41) is 21.0.